The fraction of sp³-hybridized carbons (Fsp3) is 0.686. The minimum absolute atomic E-state index is 0.0516. The van der Waals surface area contributed by atoms with Gasteiger partial charge < -0.3 is 14.6 Å². The van der Waals surface area contributed by atoms with Gasteiger partial charge in [0.2, 0.25) is 0 Å². The molecular weight excluding hydrogens is 516 g/mol. The lowest BCUT2D eigenvalue weighted by Gasteiger charge is -2.12. The molecule has 6 heteroatoms. The molecule has 6 nitrogen and oxygen atoms in total. The van der Waals surface area contributed by atoms with E-state index in [1.807, 2.05) is 12.2 Å². The first-order valence-corrected chi connectivity index (χ1v) is 16.0. The van der Waals surface area contributed by atoms with E-state index in [1.54, 1.807) is 6.08 Å². The summed E-state index contributed by atoms with van der Waals surface area (Å²) in [4.78, 5) is 35.6. The molecule has 0 radical (unpaired) electrons. The molecular formula is C35H58O6. The predicted octanol–water partition coefficient (Wildman–Crippen LogP) is 8.54. The van der Waals surface area contributed by atoms with Crippen molar-refractivity contribution in [3.8, 4) is 0 Å². The van der Waals surface area contributed by atoms with E-state index in [2.05, 4.69) is 45.1 Å². The molecule has 0 rings (SSSR count). The molecule has 0 aliphatic carbocycles. The van der Waals surface area contributed by atoms with Crippen molar-refractivity contribution in [3.63, 3.8) is 0 Å². The summed E-state index contributed by atoms with van der Waals surface area (Å²) in [6.45, 7) is 6.27. The normalized spacial score (nSPS) is 12.8. The molecule has 0 unspecified atom stereocenters. The smallest absolute Gasteiger partial charge is 0.305 e. The molecule has 234 valence electrons. The second-order valence-corrected chi connectivity index (χ2v) is 11.1. The van der Waals surface area contributed by atoms with E-state index in [0.717, 1.165) is 44.4 Å². The zero-order chi connectivity index (χ0) is 30.4. The summed E-state index contributed by atoms with van der Waals surface area (Å²) in [5, 5.41) is 9.91. The van der Waals surface area contributed by atoms with Crippen LogP contribution in [0.15, 0.2) is 48.6 Å². The number of unbranched alkanes of at least 4 members (excludes halogenated alkanes) is 8. The van der Waals surface area contributed by atoms with Gasteiger partial charge in [-0.05, 0) is 50.5 Å². The van der Waals surface area contributed by atoms with Crippen molar-refractivity contribution in [1.82, 2.24) is 0 Å². The molecule has 0 saturated carbocycles. The van der Waals surface area contributed by atoms with Crippen LogP contribution < -0.4 is 0 Å². The SMILES string of the molecule is CCCCC/C=C\C/C=C\C/C=C\C=C\C(=O)CCCC(=O)OC[C@@H](O)COC(=O)CCCCCCCCC(C)C. The van der Waals surface area contributed by atoms with E-state index < -0.39 is 12.1 Å². The molecule has 0 spiro atoms. The summed E-state index contributed by atoms with van der Waals surface area (Å²) in [6.07, 6.45) is 30.4. The second kappa shape index (κ2) is 29.0. The van der Waals surface area contributed by atoms with E-state index in [1.165, 1.54) is 51.0 Å². The molecule has 1 N–H and O–H groups in total. The second-order valence-electron chi connectivity index (χ2n) is 11.1. The van der Waals surface area contributed by atoms with Crippen molar-refractivity contribution in [2.45, 2.75) is 136 Å². The molecule has 0 aromatic heterocycles. The molecule has 0 fully saturated rings. The van der Waals surface area contributed by atoms with Crippen LogP contribution in [-0.4, -0.2) is 42.1 Å². The Morgan fingerprint density at radius 2 is 1.24 bits per heavy atom. The minimum Gasteiger partial charge on any atom is -0.463 e. The molecule has 0 aliphatic heterocycles. The van der Waals surface area contributed by atoms with Crippen LogP contribution in [0.2, 0.25) is 0 Å². The maximum absolute atomic E-state index is 11.9. The molecule has 0 heterocycles. The summed E-state index contributed by atoms with van der Waals surface area (Å²) in [5.41, 5.74) is 0. The highest BCUT2D eigenvalue weighted by atomic mass is 16.6. The van der Waals surface area contributed by atoms with Crippen LogP contribution in [0.1, 0.15) is 130 Å². The van der Waals surface area contributed by atoms with Crippen LogP contribution in [0.4, 0.5) is 0 Å². The van der Waals surface area contributed by atoms with Crippen LogP contribution in [-0.2, 0) is 23.9 Å². The third-order valence-electron chi connectivity index (χ3n) is 6.47. The Labute approximate surface area is 250 Å². The van der Waals surface area contributed by atoms with Crippen molar-refractivity contribution < 1.29 is 29.0 Å². The van der Waals surface area contributed by atoms with E-state index >= 15 is 0 Å². The van der Waals surface area contributed by atoms with Crippen LogP contribution in [0.3, 0.4) is 0 Å². The number of ether oxygens (including phenoxy) is 2. The van der Waals surface area contributed by atoms with Gasteiger partial charge in [0.15, 0.2) is 5.78 Å². The number of ketones is 1. The predicted molar refractivity (Wildman–Crippen MR) is 168 cm³/mol. The Balaban J connectivity index is 3.73. The largest absolute Gasteiger partial charge is 0.463 e. The molecule has 41 heavy (non-hydrogen) atoms. The van der Waals surface area contributed by atoms with Gasteiger partial charge in [-0.3, -0.25) is 14.4 Å². The summed E-state index contributed by atoms with van der Waals surface area (Å²) in [7, 11) is 0. The molecule has 0 aromatic carbocycles. The fourth-order valence-corrected chi connectivity index (χ4v) is 3.99. The number of carbonyl (C=O) groups excluding carboxylic acids is 3. The third kappa shape index (κ3) is 30.3. The van der Waals surface area contributed by atoms with Crippen LogP contribution in [0.25, 0.3) is 0 Å². The van der Waals surface area contributed by atoms with Gasteiger partial charge in [-0.25, -0.2) is 0 Å². The Bertz CT molecular complexity index is 778. The van der Waals surface area contributed by atoms with E-state index in [-0.39, 0.29) is 37.8 Å². The first-order chi connectivity index (χ1) is 19.8. The topological polar surface area (TPSA) is 89.9 Å². The summed E-state index contributed by atoms with van der Waals surface area (Å²) in [5.74, 6) is -0.114. The average molecular weight is 575 g/mol. The lowest BCUT2D eigenvalue weighted by atomic mass is 10.0. The Morgan fingerprint density at radius 3 is 1.90 bits per heavy atom. The summed E-state index contributed by atoms with van der Waals surface area (Å²) in [6, 6.07) is 0. The monoisotopic (exact) mass is 574 g/mol. The summed E-state index contributed by atoms with van der Waals surface area (Å²) < 4.78 is 10.1. The van der Waals surface area contributed by atoms with Crippen LogP contribution in [0, 0.1) is 5.92 Å². The van der Waals surface area contributed by atoms with Crippen molar-refractivity contribution in [3.05, 3.63) is 48.6 Å². The lowest BCUT2D eigenvalue weighted by Crippen LogP contribution is -2.25. The number of carbonyl (C=O) groups is 3. The van der Waals surface area contributed by atoms with Crippen molar-refractivity contribution in [1.29, 1.82) is 0 Å². The average Bonchev–Trinajstić information content (AvgIpc) is 2.94. The fourth-order valence-electron chi connectivity index (χ4n) is 3.99. The van der Waals surface area contributed by atoms with Gasteiger partial charge >= 0.3 is 11.9 Å². The third-order valence-corrected chi connectivity index (χ3v) is 6.47. The standard InChI is InChI=1S/C35H58O6/c1-4-5-6-7-8-9-10-11-12-13-14-18-21-25-32(36)26-23-28-35(39)41-30-33(37)29-40-34(38)27-22-19-16-15-17-20-24-31(2)3/h8-9,11-12,14,18,21,25,31,33,37H,4-7,10,13,15-17,19-20,22-24,26-30H2,1-3H3/b9-8-,12-11-,18-14-,25-21+/t33-/m0/s1. The van der Waals surface area contributed by atoms with Crippen molar-refractivity contribution in [2.24, 2.45) is 5.92 Å². The first-order valence-electron chi connectivity index (χ1n) is 16.0. The van der Waals surface area contributed by atoms with Gasteiger partial charge in [-0.2, -0.15) is 0 Å². The van der Waals surface area contributed by atoms with E-state index in [4.69, 9.17) is 9.47 Å². The van der Waals surface area contributed by atoms with Gasteiger partial charge in [-0.1, -0.05) is 115 Å². The van der Waals surface area contributed by atoms with Crippen molar-refractivity contribution >= 4 is 17.7 Å². The lowest BCUT2D eigenvalue weighted by molar-refractivity contribution is -0.152. The number of esters is 2. The van der Waals surface area contributed by atoms with E-state index in [9.17, 15) is 19.5 Å². The molecule has 0 aromatic rings. The van der Waals surface area contributed by atoms with Crippen LogP contribution in [0.5, 0.6) is 0 Å². The molecule has 0 amide bonds. The van der Waals surface area contributed by atoms with Gasteiger partial charge in [0.1, 0.15) is 19.3 Å². The van der Waals surface area contributed by atoms with Gasteiger partial charge in [0.05, 0.1) is 0 Å². The maximum atomic E-state index is 11.9. The highest BCUT2D eigenvalue weighted by Crippen LogP contribution is 2.12. The number of hydrogen-bond donors (Lipinski definition) is 1. The van der Waals surface area contributed by atoms with Crippen LogP contribution >= 0.6 is 0 Å². The highest BCUT2D eigenvalue weighted by Gasteiger charge is 2.12. The number of aliphatic hydroxyl groups excluding tert-OH is 1. The minimum atomic E-state index is -1.05. The molecule has 1 atom stereocenters. The number of hydrogen-bond acceptors (Lipinski definition) is 6. The van der Waals surface area contributed by atoms with Gasteiger partial charge in [0, 0.05) is 19.3 Å². The Morgan fingerprint density at radius 1 is 0.659 bits per heavy atom. The Hall–Kier alpha value is -2.47. The number of aliphatic hydroxyl groups is 1. The molecule has 0 saturated heterocycles. The number of rotatable bonds is 27. The maximum Gasteiger partial charge on any atom is 0.305 e. The van der Waals surface area contributed by atoms with E-state index in [0.29, 0.717) is 12.8 Å². The molecule has 0 aliphatic rings. The quantitative estimate of drug-likeness (QED) is 0.0348. The van der Waals surface area contributed by atoms with Gasteiger partial charge in [-0.15, -0.1) is 0 Å². The highest BCUT2D eigenvalue weighted by molar-refractivity contribution is 5.90. The Kier molecular flexibility index (Phi) is 27.3. The molecule has 0 bridgehead atoms. The summed E-state index contributed by atoms with van der Waals surface area (Å²) >= 11 is 0. The van der Waals surface area contributed by atoms with Crippen molar-refractivity contribution in [2.75, 3.05) is 13.2 Å². The van der Waals surface area contributed by atoms with Gasteiger partial charge in [0.25, 0.3) is 0 Å². The first kappa shape index (κ1) is 38.5. The zero-order valence-corrected chi connectivity index (χ0v) is 26.2. The zero-order valence-electron chi connectivity index (χ0n) is 26.2. The number of allylic oxidation sites excluding steroid dienone is 8.